The van der Waals surface area contributed by atoms with Crippen molar-refractivity contribution >= 4 is 29.4 Å². The lowest BCUT2D eigenvalue weighted by molar-refractivity contribution is -0.112. The molecule has 0 aliphatic heterocycles. The van der Waals surface area contributed by atoms with Crippen molar-refractivity contribution < 1.29 is 13.6 Å². The van der Waals surface area contributed by atoms with Crippen molar-refractivity contribution in [2.75, 3.05) is 5.32 Å². The second-order valence-corrected chi connectivity index (χ2v) is 8.17. The highest BCUT2D eigenvalue weighted by Crippen LogP contribution is 2.27. The molecule has 0 saturated heterocycles. The normalized spacial score (nSPS) is 11.3. The van der Waals surface area contributed by atoms with Gasteiger partial charge >= 0.3 is 0 Å². The van der Waals surface area contributed by atoms with Gasteiger partial charge < -0.3 is 5.32 Å². The maximum absolute atomic E-state index is 12.8. The van der Waals surface area contributed by atoms with Crippen LogP contribution in [-0.4, -0.2) is 21.4 Å². The Hall–Kier alpha value is -4.22. The van der Waals surface area contributed by atoms with E-state index in [4.69, 9.17) is 0 Å². The number of alkyl halides is 2. The molecule has 1 heterocycles. The van der Waals surface area contributed by atoms with Crippen molar-refractivity contribution in [2.45, 2.75) is 10.7 Å². The van der Waals surface area contributed by atoms with E-state index in [1.165, 1.54) is 30.3 Å². The predicted octanol–water partition coefficient (Wildman–Crippen LogP) is 6.40. The summed E-state index contributed by atoms with van der Waals surface area (Å²) in [6.07, 6.45) is 3.25. The Morgan fingerprint density at radius 1 is 1.00 bits per heavy atom. The second-order valence-electron chi connectivity index (χ2n) is 7.11. The number of benzene rings is 3. The topological polar surface area (TPSA) is 70.7 Å². The van der Waals surface area contributed by atoms with Gasteiger partial charge in [-0.05, 0) is 42.5 Å². The van der Waals surface area contributed by atoms with Crippen molar-refractivity contribution in [2.24, 2.45) is 0 Å². The van der Waals surface area contributed by atoms with E-state index in [0.717, 1.165) is 11.3 Å². The number of halogens is 2. The first-order chi connectivity index (χ1) is 16.5. The van der Waals surface area contributed by atoms with E-state index in [2.05, 4.69) is 10.4 Å². The van der Waals surface area contributed by atoms with Crippen LogP contribution in [0.5, 0.6) is 0 Å². The van der Waals surface area contributed by atoms with Crippen LogP contribution in [0.15, 0.2) is 102 Å². The molecule has 0 radical (unpaired) electrons. The number of aromatic nitrogens is 2. The monoisotopic (exact) mass is 472 g/mol. The summed E-state index contributed by atoms with van der Waals surface area (Å²) >= 11 is 0.420. The van der Waals surface area contributed by atoms with Gasteiger partial charge in [0.1, 0.15) is 11.6 Å². The molecule has 0 bridgehead atoms. The van der Waals surface area contributed by atoms with Crippen LogP contribution in [-0.2, 0) is 4.79 Å². The molecular weight excluding hydrogens is 454 g/mol. The maximum Gasteiger partial charge on any atom is 0.288 e. The molecular formula is C26H18F2N4OS. The average Bonchev–Trinajstić information content (AvgIpc) is 3.28. The van der Waals surface area contributed by atoms with E-state index in [9.17, 15) is 18.8 Å². The number of nitrogens with one attached hydrogen (secondary N) is 1. The van der Waals surface area contributed by atoms with Gasteiger partial charge in [-0.3, -0.25) is 4.79 Å². The Kier molecular flexibility index (Phi) is 7.16. The number of carbonyl (C=O) groups excluding carboxylic acids is 1. The molecule has 0 unspecified atom stereocenters. The maximum atomic E-state index is 12.8. The summed E-state index contributed by atoms with van der Waals surface area (Å²) in [6, 6.07) is 26.9. The van der Waals surface area contributed by atoms with E-state index in [-0.39, 0.29) is 5.57 Å². The molecule has 3 aromatic carbocycles. The molecule has 0 spiro atoms. The number of rotatable bonds is 7. The number of nitrogens with zero attached hydrogens (tertiary/aromatic N) is 3. The van der Waals surface area contributed by atoms with E-state index in [1.807, 2.05) is 66.7 Å². The lowest BCUT2D eigenvalue weighted by Crippen LogP contribution is -2.13. The third-order valence-corrected chi connectivity index (χ3v) is 5.54. The molecule has 0 fully saturated rings. The van der Waals surface area contributed by atoms with E-state index in [0.29, 0.717) is 33.6 Å². The quantitative estimate of drug-likeness (QED) is 0.192. The van der Waals surface area contributed by atoms with Gasteiger partial charge in [0.15, 0.2) is 0 Å². The minimum atomic E-state index is -2.52. The zero-order chi connectivity index (χ0) is 23.9. The molecule has 168 valence electrons. The lowest BCUT2D eigenvalue weighted by atomic mass is 10.1. The van der Waals surface area contributed by atoms with Crippen LogP contribution in [0.1, 0.15) is 5.56 Å². The molecule has 0 aliphatic rings. The van der Waals surface area contributed by atoms with Crippen molar-refractivity contribution in [1.82, 2.24) is 9.78 Å². The highest BCUT2D eigenvalue weighted by molar-refractivity contribution is 7.99. The molecule has 34 heavy (non-hydrogen) atoms. The summed E-state index contributed by atoms with van der Waals surface area (Å²) in [5.41, 5.74) is 3.19. The van der Waals surface area contributed by atoms with Crippen LogP contribution in [0.25, 0.3) is 23.0 Å². The summed E-state index contributed by atoms with van der Waals surface area (Å²) in [5.74, 6) is -3.13. The van der Waals surface area contributed by atoms with Crippen LogP contribution in [0.2, 0.25) is 0 Å². The largest absolute Gasteiger partial charge is 0.321 e. The third kappa shape index (κ3) is 5.57. The SMILES string of the molecule is N#C/C(=C\c1cn(-c2ccccc2)nc1-c1ccccc1)C(=O)Nc1ccc(SC(F)F)cc1. The van der Waals surface area contributed by atoms with E-state index < -0.39 is 11.7 Å². The van der Waals surface area contributed by atoms with Crippen molar-refractivity contribution in [3.05, 3.63) is 102 Å². The van der Waals surface area contributed by atoms with Gasteiger partial charge in [-0.1, -0.05) is 60.3 Å². The zero-order valence-corrected chi connectivity index (χ0v) is 18.5. The number of carbonyl (C=O) groups is 1. The second kappa shape index (κ2) is 10.6. The molecule has 1 aromatic heterocycles. The smallest absolute Gasteiger partial charge is 0.288 e. The Labute approximate surface area is 199 Å². The summed E-state index contributed by atoms with van der Waals surface area (Å²) in [7, 11) is 0. The van der Waals surface area contributed by atoms with Gasteiger partial charge in [-0.2, -0.15) is 19.1 Å². The molecule has 0 atom stereocenters. The number of amides is 1. The summed E-state index contributed by atoms with van der Waals surface area (Å²) in [5, 5.41) is 17.0. The van der Waals surface area contributed by atoms with Crippen molar-refractivity contribution in [1.29, 1.82) is 5.26 Å². The van der Waals surface area contributed by atoms with Gasteiger partial charge in [0.05, 0.1) is 11.4 Å². The fraction of sp³-hybridized carbons (Fsp3) is 0.0385. The summed E-state index contributed by atoms with van der Waals surface area (Å²) < 4.78 is 26.7. The number of para-hydroxylation sites is 1. The molecule has 4 rings (SSSR count). The summed E-state index contributed by atoms with van der Waals surface area (Å²) in [4.78, 5) is 13.2. The van der Waals surface area contributed by atoms with Crippen LogP contribution in [0, 0.1) is 11.3 Å². The minimum absolute atomic E-state index is 0.115. The predicted molar refractivity (Wildman–Crippen MR) is 130 cm³/mol. The number of hydrogen-bond acceptors (Lipinski definition) is 4. The molecule has 1 amide bonds. The van der Waals surface area contributed by atoms with Crippen molar-refractivity contribution in [3.8, 4) is 23.0 Å². The van der Waals surface area contributed by atoms with Crippen LogP contribution in [0.3, 0.4) is 0 Å². The fourth-order valence-electron chi connectivity index (χ4n) is 3.25. The third-order valence-electron chi connectivity index (χ3n) is 4.81. The molecule has 4 aromatic rings. The van der Waals surface area contributed by atoms with Gasteiger partial charge in [0.2, 0.25) is 0 Å². The number of hydrogen-bond donors (Lipinski definition) is 1. The van der Waals surface area contributed by atoms with Gasteiger partial charge in [0.25, 0.3) is 11.7 Å². The van der Waals surface area contributed by atoms with Gasteiger partial charge in [-0.25, -0.2) is 4.68 Å². The van der Waals surface area contributed by atoms with Crippen LogP contribution < -0.4 is 5.32 Å². The molecule has 5 nitrogen and oxygen atoms in total. The minimum Gasteiger partial charge on any atom is -0.321 e. The number of thioether (sulfide) groups is 1. The Morgan fingerprint density at radius 3 is 2.26 bits per heavy atom. The Balaban J connectivity index is 1.65. The van der Waals surface area contributed by atoms with Gasteiger partial charge in [-0.15, -0.1) is 0 Å². The molecule has 0 saturated carbocycles. The van der Waals surface area contributed by atoms with E-state index in [1.54, 1.807) is 10.9 Å². The standard InChI is InChI=1S/C26H18F2N4OS/c27-26(28)34-23-13-11-21(12-14-23)30-25(33)19(16-29)15-20-17-32(22-9-5-2-6-10-22)31-24(20)18-7-3-1-4-8-18/h1-15,17,26H,(H,30,33)/b19-15+. The first kappa shape index (κ1) is 23.0. The van der Waals surface area contributed by atoms with Crippen LogP contribution >= 0.6 is 11.8 Å². The highest BCUT2D eigenvalue weighted by atomic mass is 32.2. The Bertz CT molecular complexity index is 1350. The van der Waals surface area contributed by atoms with Crippen molar-refractivity contribution in [3.63, 3.8) is 0 Å². The first-order valence-corrected chi connectivity index (χ1v) is 11.1. The Morgan fingerprint density at radius 2 is 1.65 bits per heavy atom. The molecule has 8 heteroatoms. The zero-order valence-electron chi connectivity index (χ0n) is 17.7. The molecule has 1 N–H and O–H groups in total. The average molecular weight is 473 g/mol. The van der Waals surface area contributed by atoms with Crippen LogP contribution in [0.4, 0.5) is 14.5 Å². The number of anilines is 1. The lowest BCUT2D eigenvalue weighted by Gasteiger charge is -2.06. The first-order valence-electron chi connectivity index (χ1n) is 10.2. The number of nitriles is 1. The fourth-order valence-corrected chi connectivity index (χ4v) is 3.75. The van der Waals surface area contributed by atoms with Gasteiger partial charge in [0, 0.05) is 27.9 Å². The van der Waals surface area contributed by atoms with E-state index >= 15 is 0 Å². The molecule has 0 aliphatic carbocycles. The highest BCUT2D eigenvalue weighted by Gasteiger charge is 2.15. The summed E-state index contributed by atoms with van der Waals surface area (Å²) in [6.45, 7) is 0.